The highest BCUT2D eigenvalue weighted by Gasteiger charge is 2.13. The summed E-state index contributed by atoms with van der Waals surface area (Å²) in [5, 5.41) is 12.6. The summed E-state index contributed by atoms with van der Waals surface area (Å²) >= 11 is 7.29. The van der Waals surface area contributed by atoms with Gasteiger partial charge in [-0.15, -0.1) is 11.3 Å². The van der Waals surface area contributed by atoms with Crippen LogP contribution < -0.4 is 5.32 Å². The van der Waals surface area contributed by atoms with E-state index in [2.05, 4.69) is 10.3 Å². The van der Waals surface area contributed by atoms with E-state index in [1.54, 1.807) is 24.1 Å². The van der Waals surface area contributed by atoms with Gasteiger partial charge in [-0.3, -0.25) is 14.5 Å². The summed E-state index contributed by atoms with van der Waals surface area (Å²) in [5.74, 6) is -1.11. The molecule has 0 aliphatic carbocycles. The SMILES string of the molecule is Cc1sc(NC(=O)CN(C)CCC(=O)O)nc1-c1ccc(Cl)cc1. The number of halogens is 1. The number of likely N-dealkylation sites (N-methyl/N-ethyl adjacent to an activating group) is 1. The molecule has 0 saturated carbocycles. The molecular formula is C16H18ClN3O3S. The van der Waals surface area contributed by atoms with Gasteiger partial charge in [0.05, 0.1) is 18.7 Å². The number of aromatic nitrogens is 1. The molecule has 0 saturated heterocycles. The zero-order chi connectivity index (χ0) is 17.7. The number of carbonyl (C=O) groups excluding carboxylic acids is 1. The summed E-state index contributed by atoms with van der Waals surface area (Å²) in [5.41, 5.74) is 1.75. The molecule has 0 spiro atoms. The molecule has 1 amide bonds. The van der Waals surface area contributed by atoms with Crippen molar-refractivity contribution in [2.75, 3.05) is 25.5 Å². The summed E-state index contributed by atoms with van der Waals surface area (Å²) in [4.78, 5) is 29.7. The average Bonchev–Trinajstić information content (AvgIpc) is 2.86. The minimum absolute atomic E-state index is 0.000848. The molecule has 0 radical (unpaired) electrons. The number of amides is 1. The molecule has 24 heavy (non-hydrogen) atoms. The zero-order valence-corrected chi connectivity index (χ0v) is 14.9. The number of hydrogen-bond acceptors (Lipinski definition) is 5. The number of hydrogen-bond donors (Lipinski definition) is 2. The topological polar surface area (TPSA) is 82.5 Å². The van der Waals surface area contributed by atoms with Crippen LogP contribution in [-0.4, -0.2) is 47.0 Å². The average molecular weight is 368 g/mol. The van der Waals surface area contributed by atoms with E-state index in [9.17, 15) is 9.59 Å². The number of benzene rings is 1. The van der Waals surface area contributed by atoms with Crippen LogP contribution in [0.4, 0.5) is 5.13 Å². The largest absolute Gasteiger partial charge is 0.481 e. The molecule has 2 aromatic rings. The van der Waals surface area contributed by atoms with Crippen LogP contribution in [0.3, 0.4) is 0 Å². The summed E-state index contributed by atoms with van der Waals surface area (Å²) < 4.78 is 0. The summed E-state index contributed by atoms with van der Waals surface area (Å²) in [6.45, 7) is 2.37. The van der Waals surface area contributed by atoms with Crippen molar-refractivity contribution >= 4 is 39.9 Å². The Morgan fingerprint density at radius 1 is 1.33 bits per heavy atom. The molecule has 0 unspecified atom stereocenters. The van der Waals surface area contributed by atoms with E-state index in [-0.39, 0.29) is 18.9 Å². The Balaban J connectivity index is 1.98. The number of thiazole rings is 1. The maximum atomic E-state index is 12.0. The first-order chi connectivity index (χ1) is 11.3. The number of aryl methyl sites for hydroxylation is 1. The van der Waals surface area contributed by atoms with Gasteiger partial charge in [-0.25, -0.2) is 4.98 Å². The predicted molar refractivity (Wildman–Crippen MR) is 95.7 cm³/mol. The monoisotopic (exact) mass is 367 g/mol. The van der Waals surface area contributed by atoms with Crippen LogP contribution >= 0.6 is 22.9 Å². The number of anilines is 1. The lowest BCUT2D eigenvalue weighted by Crippen LogP contribution is -2.31. The molecule has 6 nitrogen and oxygen atoms in total. The van der Waals surface area contributed by atoms with Crippen LogP contribution in [0.5, 0.6) is 0 Å². The third-order valence-corrected chi connectivity index (χ3v) is 4.42. The van der Waals surface area contributed by atoms with Gasteiger partial charge in [-0.2, -0.15) is 0 Å². The van der Waals surface area contributed by atoms with Gasteiger partial charge in [0, 0.05) is 22.0 Å². The molecule has 2 N–H and O–H groups in total. The van der Waals surface area contributed by atoms with E-state index in [1.807, 2.05) is 19.1 Å². The lowest BCUT2D eigenvalue weighted by Gasteiger charge is -2.14. The summed E-state index contributed by atoms with van der Waals surface area (Å²) in [6, 6.07) is 7.36. The number of carboxylic acid groups (broad SMARTS) is 1. The Labute approximate surface area is 149 Å². The zero-order valence-electron chi connectivity index (χ0n) is 13.4. The van der Waals surface area contributed by atoms with Gasteiger partial charge in [-0.05, 0) is 26.1 Å². The van der Waals surface area contributed by atoms with Crippen LogP contribution in [0.25, 0.3) is 11.3 Å². The number of aliphatic carboxylic acids is 1. The second kappa shape index (κ2) is 8.23. The van der Waals surface area contributed by atoms with Gasteiger partial charge < -0.3 is 10.4 Å². The van der Waals surface area contributed by atoms with Gasteiger partial charge in [-0.1, -0.05) is 23.7 Å². The lowest BCUT2D eigenvalue weighted by atomic mass is 10.1. The van der Waals surface area contributed by atoms with Crippen molar-refractivity contribution in [1.29, 1.82) is 0 Å². The van der Waals surface area contributed by atoms with Crippen molar-refractivity contribution in [2.24, 2.45) is 0 Å². The van der Waals surface area contributed by atoms with Crippen molar-refractivity contribution in [3.63, 3.8) is 0 Å². The number of nitrogens with zero attached hydrogens (tertiary/aromatic N) is 2. The fourth-order valence-electron chi connectivity index (χ4n) is 2.09. The molecule has 0 aliphatic rings. The summed E-state index contributed by atoms with van der Waals surface area (Å²) in [7, 11) is 1.70. The molecule has 0 atom stereocenters. The van der Waals surface area contributed by atoms with Crippen LogP contribution in [0, 0.1) is 6.92 Å². The van der Waals surface area contributed by atoms with Gasteiger partial charge >= 0.3 is 5.97 Å². The van der Waals surface area contributed by atoms with E-state index in [1.165, 1.54) is 11.3 Å². The Kier molecular flexibility index (Phi) is 6.30. The molecule has 1 aromatic heterocycles. The van der Waals surface area contributed by atoms with Crippen molar-refractivity contribution < 1.29 is 14.7 Å². The highest BCUT2D eigenvalue weighted by molar-refractivity contribution is 7.16. The fraction of sp³-hybridized carbons (Fsp3) is 0.312. The van der Waals surface area contributed by atoms with E-state index in [0.717, 1.165) is 16.1 Å². The third-order valence-electron chi connectivity index (χ3n) is 3.28. The lowest BCUT2D eigenvalue weighted by molar-refractivity contribution is -0.137. The maximum Gasteiger partial charge on any atom is 0.304 e. The minimum atomic E-state index is -0.884. The Morgan fingerprint density at radius 2 is 2.00 bits per heavy atom. The third kappa shape index (κ3) is 5.30. The molecule has 128 valence electrons. The van der Waals surface area contributed by atoms with Gasteiger partial charge in [0.1, 0.15) is 0 Å². The highest BCUT2D eigenvalue weighted by Crippen LogP contribution is 2.30. The normalized spacial score (nSPS) is 10.8. The molecular weight excluding hydrogens is 350 g/mol. The van der Waals surface area contributed by atoms with Crippen molar-refractivity contribution in [3.8, 4) is 11.3 Å². The van der Waals surface area contributed by atoms with Crippen LogP contribution in [0.15, 0.2) is 24.3 Å². The smallest absolute Gasteiger partial charge is 0.304 e. The number of carbonyl (C=O) groups is 2. The van der Waals surface area contributed by atoms with Crippen LogP contribution in [-0.2, 0) is 9.59 Å². The molecule has 0 aliphatic heterocycles. The van der Waals surface area contributed by atoms with Crippen molar-refractivity contribution in [1.82, 2.24) is 9.88 Å². The predicted octanol–water partition coefficient (Wildman–Crippen LogP) is 3.12. The molecule has 0 bridgehead atoms. The van der Waals surface area contributed by atoms with Gasteiger partial charge in [0.25, 0.3) is 0 Å². The first-order valence-electron chi connectivity index (χ1n) is 7.28. The van der Waals surface area contributed by atoms with Gasteiger partial charge in [0.2, 0.25) is 5.91 Å². The first-order valence-corrected chi connectivity index (χ1v) is 8.48. The molecule has 0 fully saturated rings. The second-order valence-electron chi connectivity index (χ2n) is 5.36. The first kappa shape index (κ1) is 18.4. The van der Waals surface area contributed by atoms with E-state index in [4.69, 9.17) is 16.7 Å². The quantitative estimate of drug-likeness (QED) is 0.785. The number of rotatable bonds is 7. The standard InChI is InChI=1S/C16H18ClN3O3S/c1-10-15(11-3-5-12(17)6-4-11)19-16(24-10)18-13(21)9-20(2)8-7-14(22)23/h3-6H,7-9H2,1-2H3,(H,22,23)(H,18,19,21). The fourth-order valence-corrected chi connectivity index (χ4v) is 3.07. The number of nitrogens with one attached hydrogen (secondary N) is 1. The highest BCUT2D eigenvalue weighted by atomic mass is 35.5. The van der Waals surface area contributed by atoms with Crippen molar-refractivity contribution in [3.05, 3.63) is 34.2 Å². The van der Waals surface area contributed by atoms with Crippen LogP contribution in [0.1, 0.15) is 11.3 Å². The Bertz CT molecular complexity index is 731. The number of carboxylic acids is 1. The molecule has 2 rings (SSSR count). The van der Waals surface area contributed by atoms with Crippen molar-refractivity contribution in [2.45, 2.75) is 13.3 Å². The van der Waals surface area contributed by atoms with E-state index in [0.29, 0.717) is 16.7 Å². The molecule has 1 heterocycles. The molecule has 8 heteroatoms. The van der Waals surface area contributed by atoms with E-state index < -0.39 is 5.97 Å². The molecule has 1 aromatic carbocycles. The van der Waals surface area contributed by atoms with Gasteiger partial charge in [0.15, 0.2) is 5.13 Å². The Hall–Kier alpha value is -1.96. The van der Waals surface area contributed by atoms with E-state index >= 15 is 0 Å². The summed E-state index contributed by atoms with van der Waals surface area (Å²) in [6.07, 6.45) is 0.000848. The second-order valence-corrected chi connectivity index (χ2v) is 7.00. The maximum absolute atomic E-state index is 12.0. The van der Waals surface area contributed by atoms with Crippen LogP contribution in [0.2, 0.25) is 5.02 Å². The Morgan fingerprint density at radius 3 is 2.62 bits per heavy atom. The minimum Gasteiger partial charge on any atom is -0.481 e.